The SMILES string of the molecule is Cc1cccc(/C=C2\CCCCC2N=[N+]=[N-])c1. The van der Waals surface area contributed by atoms with E-state index in [2.05, 4.69) is 47.3 Å². The molecule has 1 aliphatic carbocycles. The van der Waals surface area contributed by atoms with Crippen molar-refractivity contribution in [3.63, 3.8) is 0 Å². The van der Waals surface area contributed by atoms with E-state index < -0.39 is 0 Å². The van der Waals surface area contributed by atoms with Gasteiger partial charge in [0.25, 0.3) is 0 Å². The van der Waals surface area contributed by atoms with E-state index in [0.29, 0.717) is 0 Å². The van der Waals surface area contributed by atoms with Crippen LogP contribution < -0.4 is 0 Å². The second-order valence-corrected chi connectivity index (χ2v) is 4.60. The largest absolute Gasteiger partial charge is 0.0863 e. The average Bonchev–Trinajstić information content (AvgIpc) is 2.32. The van der Waals surface area contributed by atoms with E-state index in [1.54, 1.807) is 0 Å². The van der Waals surface area contributed by atoms with Crippen molar-refractivity contribution < 1.29 is 0 Å². The normalized spacial score (nSPS) is 22.2. The fraction of sp³-hybridized carbons (Fsp3) is 0.429. The van der Waals surface area contributed by atoms with Crippen molar-refractivity contribution in [3.05, 3.63) is 51.4 Å². The summed E-state index contributed by atoms with van der Waals surface area (Å²) in [5.41, 5.74) is 12.3. The second-order valence-electron chi connectivity index (χ2n) is 4.60. The predicted molar refractivity (Wildman–Crippen MR) is 70.6 cm³/mol. The number of nitrogens with zero attached hydrogens (tertiary/aromatic N) is 3. The molecule has 0 aromatic heterocycles. The minimum Gasteiger partial charge on any atom is -0.0863 e. The molecule has 17 heavy (non-hydrogen) atoms. The van der Waals surface area contributed by atoms with E-state index in [0.717, 1.165) is 19.3 Å². The van der Waals surface area contributed by atoms with Crippen molar-refractivity contribution in [1.29, 1.82) is 0 Å². The summed E-state index contributed by atoms with van der Waals surface area (Å²) in [6, 6.07) is 8.48. The van der Waals surface area contributed by atoms with Gasteiger partial charge >= 0.3 is 0 Å². The lowest BCUT2D eigenvalue weighted by Crippen LogP contribution is -2.12. The number of azide groups is 1. The van der Waals surface area contributed by atoms with E-state index in [9.17, 15) is 0 Å². The molecule has 0 heterocycles. The third-order valence-electron chi connectivity index (χ3n) is 3.21. The van der Waals surface area contributed by atoms with Crippen LogP contribution in [-0.4, -0.2) is 6.04 Å². The van der Waals surface area contributed by atoms with Crippen molar-refractivity contribution >= 4 is 6.08 Å². The summed E-state index contributed by atoms with van der Waals surface area (Å²) >= 11 is 0. The molecule has 0 radical (unpaired) electrons. The fourth-order valence-electron chi connectivity index (χ4n) is 2.36. The van der Waals surface area contributed by atoms with Crippen LogP contribution in [0.4, 0.5) is 0 Å². The molecular weight excluding hydrogens is 210 g/mol. The van der Waals surface area contributed by atoms with Gasteiger partial charge in [-0.3, -0.25) is 0 Å². The molecule has 1 unspecified atom stereocenters. The molecule has 3 heteroatoms. The number of aryl methyl sites for hydroxylation is 1. The molecule has 1 aromatic carbocycles. The van der Waals surface area contributed by atoms with Crippen LogP contribution in [-0.2, 0) is 0 Å². The van der Waals surface area contributed by atoms with E-state index in [-0.39, 0.29) is 6.04 Å². The smallest absolute Gasteiger partial charge is 0.0588 e. The third kappa shape index (κ3) is 3.11. The average molecular weight is 227 g/mol. The first-order chi connectivity index (χ1) is 8.29. The Morgan fingerprint density at radius 2 is 2.29 bits per heavy atom. The summed E-state index contributed by atoms with van der Waals surface area (Å²) in [5.74, 6) is 0. The zero-order valence-electron chi connectivity index (χ0n) is 10.1. The van der Waals surface area contributed by atoms with Gasteiger partial charge in [-0.1, -0.05) is 53.0 Å². The number of hydrogen-bond acceptors (Lipinski definition) is 1. The van der Waals surface area contributed by atoms with Crippen molar-refractivity contribution in [2.24, 2.45) is 5.11 Å². The standard InChI is InChI=1S/C14H17N3/c1-11-5-4-6-12(9-11)10-13-7-2-3-8-14(13)16-17-15/h4-6,9-10,14H,2-3,7-8H2,1H3/b13-10+. The summed E-state index contributed by atoms with van der Waals surface area (Å²) < 4.78 is 0. The molecule has 3 nitrogen and oxygen atoms in total. The first kappa shape index (κ1) is 11.7. The Morgan fingerprint density at radius 3 is 3.06 bits per heavy atom. The lowest BCUT2D eigenvalue weighted by molar-refractivity contribution is 0.538. The molecule has 88 valence electrons. The van der Waals surface area contributed by atoms with Crippen LogP contribution in [0.5, 0.6) is 0 Å². The number of rotatable bonds is 2. The van der Waals surface area contributed by atoms with Gasteiger partial charge in [-0.15, -0.1) is 0 Å². The molecule has 0 saturated heterocycles. The molecule has 1 saturated carbocycles. The Kier molecular flexibility index (Phi) is 3.84. The Morgan fingerprint density at radius 1 is 1.41 bits per heavy atom. The summed E-state index contributed by atoms with van der Waals surface area (Å²) in [6.45, 7) is 2.09. The lowest BCUT2D eigenvalue weighted by atomic mass is 9.89. The van der Waals surface area contributed by atoms with E-state index in [1.165, 1.54) is 23.1 Å². The van der Waals surface area contributed by atoms with Gasteiger partial charge in [0, 0.05) is 4.91 Å². The first-order valence-electron chi connectivity index (χ1n) is 6.11. The van der Waals surface area contributed by atoms with Crippen LogP contribution >= 0.6 is 0 Å². The van der Waals surface area contributed by atoms with E-state index >= 15 is 0 Å². The van der Waals surface area contributed by atoms with Crippen LogP contribution in [0.3, 0.4) is 0 Å². The van der Waals surface area contributed by atoms with Gasteiger partial charge in [-0.25, -0.2) is 0 Å². The minimum absolute atomic E-state index is 0.0641. The van der Waals surface area contributed by atoms with Crippen LogP contribution in [0.25, 0.3) is 16.5 Å². The van der Waals surface area contributed by atoms with Gasteiger partial charge < -0.3 is 0 Å². The van der Waals surface area contributed by atoms with Crippen molar-refractivity contribution in [1.82, 2.24) is 0 Å². The molecule has 0 aliphatic heterocycles. The van der Waals surface area contributed by atoms with Crippen molar-refractivity contribution in [3.8, 4) is 0 Å². The fourth-order valence-corrected chi connectivity index (χ4v) is 2.36. The Hall–Kier alpha value is -1.73. The van der Waals surface area contributed by atoms with Crippen LogP contribution in [0.15, 0.2) is 35.0 Å². The zero-order chi connectivity index (χ0) is 12.1. The van der Waals surface area contributed by atoms with Gasteiger partial charge in [0.05, 0.1) is 6.04 Å². The van der Waals surface area contributed by atoms with Crippen LogP contribution in [0.2, 0.25) is 0 Å². The maximum atomic E-state index is 8.58. The molecular formula is C14H17N3. The molecule has 0 bridgehead atoms. The van der Waals surface area contributed by atoms with Crippen LogP contribution in [0, 0.1) is 6.92 Å². The predicted octanol–water partition coefficient (Wildman–Crippen LogP) is 4.63. The van der Waals surface area contributed by atoms with Crippen molar-refractivity contribution in [2.45, 2.75) is 38.6 Å². The molecule has 1 aliphatic rings. The molecule has 1 fully saturated rings. The Bertz CT molecular complexity index is 470. The summed E-state index contributed by atoms with van der Waals surface area (Å²) in [6.07, 6.45) is 6.59. The maximum absolute atomic E-state index is 8.58. The van der Waals surface area contributed by atoms with Gasteiger partial charge in [-0.05, 0) is 37.3 Å². The van der Waals surface area contributed by atoms with Gasteiger partial charge in [-0.2, -0.15) is 0 Å². The maximum Gasteiger partial charge on any atom is 0.0588 e. The third-order valence-corrected chi connectivity index (χ3v) is 3.21. The Balaban J connectivity index is 2.26. The second kappa shape index (κ2) is 5.55. The van der Waals surface area contributed by atoms with Gasteiger partial charge in [0.1, 0.15) is 0 Å². The molecule has 2 rings (SSSR count). The lowest BCUT2D eigenvalue weighted by Gasteiger charge is -2.21. The first-order valence-corrected chi connectivity index (χ1v) is 6.11. The van der Waals surface area contributed by atoms with E-state index in [4.69, 9.17) is 5.53 Å². The zero-order valence-corrected chi connectivity index (χ0v) is 10.1. The topological polar surface area (TPSA) is 48.8 Å². The van der Waals surface area contributed by atoms with Crippen molar-refractivity contribution in [2.75, 3.05) is 0 Å². The summed E-state index contributed by atoms with van der Waals surface area (Å²) in [4.78, 5) is 2.95. The monoisotopic (exact) mass is 227 g/mol. The molecule has 0 amide bonds. The molecule has 1 atom stereocenters. The highest BCUT2D eigenvalue weighted by atomic mass is 15.1. The molecule has 0 spiro atoms. The highest BCUT2D eigenvalue weighted by Crippen LogP contribution is 2.28. The number of hydrogen-bond donors (Lipinski definition) is 0. The summed E-state index contributed by atoms with van der Waals surface area (Å²) in [5, 5.41) is 3.90. The van der Waals surface area contributed by atoms with E-state index in [1.807, 2.05) is 0 Å². The quantitative estimate of drug-likeness (QED) is 0.402. The van der Waals surface area contributed by atoms with Crippen LogP contribution in [0.1, 0.15) is 36.8 Å². The molecule has 1 aromatic rings. The molecule has 0 N–H and O–H groups in total. The van der Waals surface area contributed by atoms with Gasteiger partial charge in [0.15, 0.2) is 0 Å². The highest BCUT2D eigenvalue weighted by molar-refractivity contribution is 5.55. The minimum atomic E-state index is 0.0641. The number of benzene rings is 1. The summed E-state index contributed by atoms with van der Waals surface area (Å²) in [7, 11) is 0. The highest BCUT2D eigenvalue weighted by Gasteiger charge is 2.17. The Labute approximate surface area is 102 Å². The van der Waals surface area contributed by atoms with Gasteiger partial charge in [0.2, 0.25) is 0 Å².